The first-order valence-electron chi connectivity index (χ1n) is 14.1. The minimum Gasteiger partial charge on any atom is -0.444 e. The number of carbonyl (C=O) groups is 1. The number of benzene rings is 5. The Morgan fingerprint density at radius 2 is 1.22 bits per heavy atom. The minimum absolute atomic E-state index is 0. The van der Waals surface area contributed by atoms with Crippen molar-refractivity contribution in [1.82, 2.24) is 5.32 Å². The normalized spacial score (nSPS) is 14.7. The number of hydrogen-bond donors (Lipinski definition) is 1. The number of fused-ring (bicyclic) bond motifs is 7. The van der Waals surface area contributed by atoms with Crippen LogP contribution in [-0.4, -0.2) is 26.1 Å². The van der Waals surface area contributed by atoms with E-state index in [9.17, 15) is 4.79 Å². The Bertz CT molecular complexity index is 1610. The number of hydrogen-bond acceptors (Lipinski definition) is 2. The van der Waals surface area contributed by atoms with Crippen LogP contribution < -0.4 is 5.32 Å². The fourth-order valence-corrected chi connectivity index (χ4v) is 9.42. The zero-order valence-electron chi connectivity index (χ0n) is 24.2. The smallest absolute Gasteiger partial charge is 0.407 e. The van der Waals surface area contributed by atoms with Gasteiger partial charge in [-0.1, -0.05) is 111 Å². The highest BCUT2D eigenvalue weighted by atomic mass is 31.1. The highest BCUT2D eigenvalue weighted by molar-refractivity contribution is 7.56. The molecule has 2 atom stereocenters. The van der Waals surface area contributed by atoms with Gasteiger partial charge in [-0.15, -0.1) is 0 Å². The lowest BCUT2D eigenvalue weighted by Gasteiger charge is -2.34. The molecule has 1 heterocycles. The molecule has 0 saturated carbocycles. The van der Waals surface area contributed by atoms with Gasteiger partial charge in [0, 0.05) is 20.1 Å². The van der Waals surface area contributed by atoms with Crippen LogP contribution in [-0.2, 0) is 17.1 Å². The molecule has 5 aromatic carbocycles. The second kappa shape index (κ2) is 11.7. The molecule has 1 N–H and O–H groups in total. The predicted molar refractivity (Wildman–Crippen MR) is 175 cm³/mol. The van der Waals surface area contributed by atoms with Crippen LogP contribution in [0.5, 0.6) is 0 Å². The molecule has 5 heteroatoms. The molecule has 0 saturated heterocycles. The molecule has 1 aliphatic rings. The zero-order valence-corrected chi connectivity index (χ0v) is 25.1. The van der Waals surface area contributed by atoms with Crippen LogP contribution >= 0.6 is 7.92 Å². The summed E-state index contributed by atoms with van der Waals surface area (Å²) >= 11 is 0. The van der Waals surface area contributed by atoms with E-state index in [1.54, 1.807) is 0 Å². The summed E-state index contributed by atoms with van der Waals surface area (Å²) in [5.74, 6) is 0. The Balaban J connectivity index is 0.00000337. The summed E-state index contributed by atoms with van der Waals surface area (Å²) in [6, 6.07) is 37.4. The maximum Gasteiger partial charge on any atom is 0.407 e. The van der Waals surface area contributed by atoms with Gasteiger partial charge >= 0.3 is 6.09 Å². The van der Waals surface area contributed by atoms with Crippen molar-refractivity contribution in [3.63, 3.8) is 0 Å². The first kappa shape index (κ1) is 28.9. The molecule has 5 aromatic rings. The molecule has 0 aliphatic carbocycles. The van der Waals surface area contributed by atoms with Crippen molar-refractivity contribution >= 4 is 44.0 Å². The largest absolute Gasteiger partial charge is 0.444 e. The highest BCUT2D eigenvalue weighted by Gasteiger charge is 2.34. The second-order valence-electron chi connectivity index (χ2n) is 11.8. The van der Waals surface area contributed by atoms with Gasteiger partial charge in [0.25, 0.3) is 0 Å². The molecule has 205 valence electrons. The third-order valence-corrected chi connectivity index (χ3v) is 10.8. The lowest BCUT2D eigenvalue weighted by Crippen LogP contribution is -2.40. The molecule has 0 spiro atoms. The fraction of sp³-hybridized carbons (Fsp3) is 0.250. The Hall–Kier alpha value is -3.62. The van der Waals surface area contributed by atoms with Crippen molar-refractivity contribution in [3.8, 4) is 11.1 Å². The van der Waals surface area contributed by atoms with E-state index in [1.807, 2.05) is 20.8 Å². The zero-order chi connectivity index (χ0) is 27.9. The first-order valence-corrected chi connectivity index (χ1v) is 15.9. The molecule has 0 bridgehead atoms. The Morgan fingerprint density at radius 3 is 1.73 bits per heavy atom. The van der Waals surface area contributed by atoms with Gasteiger partial charge in [0.1, 0.15) is 5.60 Å². The van der Waals surface area contributed by atoms with E-state index < -0.39 is 13.5 Å². The third kappa shape index (κ3) is 5.90. The predicted octanol–water partition coefficient (Wildman–Crippen LogP) is 9.43. The van der Waals surface area contributed by atoms with E-state index >= 15 is 0 Å². The van der Waals surface area contributed by atoms with E-state index in [0.29, 0.717) is 0 Å². The van der Waals surface area contributed by atoms with Crippen LogP contribution in [0.4, 0.5) is 4.79 Å². The summed E-state index contributed by atoms with van der Waals surface area (Å²) in [6.07, 6.45) is 1.61. The van der Waals surface area contributed by atoms with Crippen molar-refractivity contribution in [3.05, 3.63) is 120 Å². The summed E-state index contributed by atoms with van der Waals surface area (Å²) in [5.41, 5.74) is 6.42. The van der Waals surface area contributed by atoms with Crippen molar-refractivity contribution < 1.29 is 9.53 Å². The standard InChI is InChI=1S/C36H36NO2P.B/c1-24(37-35(38)39-36(2,3)4)34(27-14-6-5-7-15-27)40-22-28-20-18-25-12-8-10-16-30(25)32(28)33-29(23-40)21-19-26-13-9-11-17-31(26)33;/h5-21,24,34H,22-23H2,1-4H3,(H,37,38);/t24-,34+;/m0./s1. The van der Waals surface area contributed by atoms with Crippen LogP contribution in [0.1, 0.15) is 50.0 Å². The highest BCUT2D eigenvalue weighted by Crippen LogP contribution is 2.61. The third-order valence-electron chi connectivity index (χ3n) is 7.78. The lowest BCUT2D eigenvalue weighted by molar-refractivity contribution is 0.0507. The van der Waals surface area contributed by atoms with Crippen LogP contribution in [0.2, 0.25) is 0 Å². The average molecular weight is 556 g/mol. The Morgan fingerprint density at radius 1 is 0.732 bits per heavy atom. The summed E-state index contributed by atoms with van der Waals surface area (Å²) in [5, 5.41) is 8.38. The van der Waals surface area contributed by atoms with Gasteiger partial charge in [-0.3, -0.25) is 0 Å². The summed E-state index contributed by atoms with van der Waals surface area (Å²) in [6.45, 7) is 7.86. The molecule has 0 unspecified atom stereocenters. The van der Waals surface area contributed by atoms with Crippen LogP contribution in [0.25, 0.3) is 32.7 Å². The van der Waals surface area contributed by atoms with Gasteiger partial charge in [-0.05, 0) is 89.4 Å². The second-order valence-corrected chi connectivity index (χ2v) is 14.2. The van der Waals surface area contributed by atoms with Gasteiger partial charge in [0.15, 0.2) is 0 Å². The topological polar surface area (TPSA) is 38.3 Å². The molecule has 6 rings (SSSR count). The van der Waals surface area contributed by atoms with E-state index in [2.05, 4.69) is 115 Å². The summed E-state index contributed by atoms with van der Waals surface area (Å²) in [7, 11) is -0.595. The summed E-state index contributed by atoms with van der Waals surface area (Å²) in [4.78, 5) is 12.9. The van der Waals surface area contributed by atoms with Gasteiger partial charge in [0.2, 0.25) is 0 Å². The number of ether oxygens (including phenoxy) is 1. The van der Waals surface area contributed by atoms with Crippen molar-refractivity contribution in [2.75, 3.05) is 0 Å². The monoisotopic (exact) mass is 556 g/mol. The number of carbonyl (C=O) groups excluding carboxylic acids is 1. The van der Waals surface area contributed by atoms with E-state index in [0.717, 1.165) is 12.3 Å². The molecule has 1 amide bonds. The van der Waals surface area contributed by atoms with Crippen LogP contribution in [0.15, 0.2) is 103 Å². The van der Waals surface area contributed by atoms with E-state index in [1.165, 1.54) is 49.4 Å². The SMILES string of the molecule is C[C@H](NC(=O)OC(C)(C)C)[C@H](c1ccccc1)P1Cc2ccc3ccccc3c2-c2c(ccc3ccccc23)C1.[B]. The van der Waals surface area contributed by atoms with Gasteiger partial charge < -0.3 is 10.1 Å². The quantitative estimate of drug-likeness (QED) is 0.177. The van der Waals surface area contributed by atoms with Crippen molar-refractivity contribution in [1.29, 1.82) is 0 Å². The minimum atomic E-state index is -0.595. The van der Waals surface area contributed by atoms with Crippen LogP contribution in [0, 0.1) is 0 Å². The molecular formula is C36H36BNO2P. The summed E-state index contributed by atoms with van der Waals surface area (Å²) < 4.78 is 5.67. The van der Waals surface area contributed by atoms with Gasteiger partial charge in [-0.25, -0.2) is 4.79 Å². The maximum absolute atomic E-state index is 12.9. The Labute approximate surface area is 246 Å². The van der Waals surface area contributed by atoms with E-state index in [4.69, 9.17) is 4.74 Å². The molecule has 0 fully saturated rings. The van der Waals surface area contributed by atoms with Crippen LogP contribution in [0.3, 0.4) is 0 Å². The number of nitrogens with one attached hydrogen (secondary N) is 1. The molecule has 1 aliphatic heterocycles. The molecule has 3 radical (unpaired) electrons. The van der Waals surface area contributed by atoms with Crippen molar-refractivity contribution in [2.24, 2.45) is 0 Å². The van der Waals surface area contributed by atoms with Gasteiger partial charge in [0.05, 0.1) is 0 Å². The molecular weight excluding hydrogens is 520 g/mol. The van der Waals surface area contributed by atoms with Gasteiger partial charge in [-0.2, -0.15) is 0 Å². The fourth-order valence-electron chi connectivity index (χ4n) is 6.22. The molecule has 3 nitrogen and oxygen atoms in total. The number of amides is 1. The van der Waals surface area contributed by atoms with E-state index in [-0.39, 0.29) is 26.2 Å². The lowest BCUT2D eigenvalue weighted by atomic mass is 9.88. The Kier molecular flexibility index (Phi) is 8.25. The first-order chi connectivity index (χ1) is 19.3. The average Bonchev–Trinajstić information content (AvgIpc) is 3.09. The number of alkyl carbamates (subject to hydrolysis) is 1. The maximum atomic E-state index is 12.9. The molecule has 0 aromatic heterocycles. The number of rotatable bonds is 4. The molecule has 41 heavy (non-hydrogen) atoms. The van der Waals surface area contributed by atoms with Crippen molar-refractivity contribution in [2.45, 2.75) is 57.3 Å².